The second kappa shape index (κ2) is 7.47. The van der Waals surface area contributed by atoms with Crippen LogP contribution in [0.1, 0.15) is 13.8 Å². The average molecular weight is 269 g/mol. The van der Waals surface area contributed by atoms with E-state index >= 15 is 0 Å². The van der Waals surface area contributed by atoms with Gasteiger partial charge in [-0.05, 0) is 13.8 Å². The van der Waals surface area contributed by atoms with E-state index in [1.165, 1.54) is 6.20 Å². The molecule has 0 aromatic carbocycles. The van der Waals surface area contributed by atoms with Gasteiger partial charge in [-0.25, -0.2) is 4.98 Å². The number of nitrogens with zero attached hydrogens (tertiary/aromatic N) is 4. The zero-order valence-electron chi connectivity index (χ0n) is 11.4. The van der Waals surface area contributed by atoms with E-state index in [1.54, 1.807) is 11.9 Å². The standard InChI is InChI=1S/C11H19N5O3/c1-4-12-11-13-8-9(16(17)18)10(14-11)15(3)6-7-19-5-2/h8H,4-7H2,1-3H3,(H,12,13,14). The van der Waals surface area contributed by atoms with Gasteiger partial charge < -0.3 is 15.0 Å². The van der Waals surface area contributed by atoms with E-state index in [2.05, 4.69) is 15.3 Å². The minimum atomic E-state index is -0.484. The summed E-state index contributed by atoms with van der Waals surface area (Å²) in [6.45, 7) is 6.09. The topological polar surface area (TPSA) is 93.4 Å². The van der Waals surface area contributed by atoms with Crippen molar-refractivity contribution in [2.45, 2.75) is 13.8 Å². The van der Waals surface area contributed by atoms with Crippen LogP contribution in [0.2, 0.25) is 0 Å². The van der Waals surface area contributed by atoms with Gasteiger partial charge in [-0.1, -0.05) is 0 Å². The molecule has 0 aliphatic heterocycles. The zero-order chi connectivity index (χ0) is 14.3. The van der Waals surface area contributed by atoms with Gasteiger partial charge in [-0.2, -0.15) is 4.98 Å². The van der Waals surface area contributed by atoms with Crippen molar-refractivity contribution in [1.82, 2.24) is 9.97 Å². The van der Waals surface area contributed by atoms with E-state index in [4.69, 9.17) is 4.74 Å². The number of hydrogen-bond acceptors (Lipinski definition) is 7. The van der Waals surface area contributed by atoms with Crippen molar-refractivity contribution in [3.63, 3.8) is 0 Å². The Morgan fingerprint density at radius 3 is 2.84 bits per heavy atom. The highest BCUT2D eigenvalue weighted by atomic mass is 16.6. The van der Waals surface area contributed by atoms with Gasteiger partial charge in [0.15, 0.2) is 0 Å². The second-order valence-electron chi connectivity index (χ2n) is 3.81. The molecule has 0 bridgehead atoms. The van der Waals surface area contributed by atoms with Gasteiger partial charge in [0.05, 0.1) is 11.5 Å². The highest BCUT2D eigenvalue weighted by Crippen LogP contribution is 2.24. The van der Waals surface area contributed by atoms with E-state index in [9.17, 15) is 10.1 Å². The smallest absolute Gasteiger partial charge is 0.329 e. The molecule has 0 spiro atoms. The van der Waals surface area contributed by atoms with E-state index in [-0.39, 0.29) is 11.5 Å². The Morgan fingerprint density at radius 2 is 2.26 bits per heavy atom. The fourth-order valence-corrected chi connectivity index (χ4v) is 1.47. The van der Waals surface area contributed by atoms with Gasteiger partial charge in [0.1, 0.15) is 6.20 Å². The van der Waals surface area contributed by atoms with Crippen LogP contribution in [0, 0.1) is 10.1 Å². The second-order valence-corrected chi connectivity index (χ2v) is 3.81. The lowest BCUT2D eigenvalue weighted by Gasteiger charge is -2.18. The molecule has 106 valence electrons. The highest BCUT2D eigenvalue weighted by Gasteiger charge is 2.20. The van der Waals surface area contributed by atoms with Crippen molar-refractivity contribution in [1.29, 1.82) is 0 Å². The van der Waals surface area contributed by atoms with Crippen LogP contribution < -0.4 is 10.2 Å². The third kappa shape index (κ3) is 4.32. The fourth-order valence-electron chi connectivity index (χ4n) is 1.47. The van der Waals surface area contributed by atoms with Gasteiger partial charge in [-0.3, -0.25) is 10.1 Å². The Kier molecular flexibility index (Phi) is 5.94. The fraction of sp³-hybridized carbons (Fsp3) is 0.636. The number of nitro groups is 1. The average Bonchev–Trinajstić information content (AvgIpc) is 2.39. The Bertz CT molecular complexity index is 427. The van der Waals surface area contributed by atoms with Crippen LogP contribution >= 0.6 is 0 Å². The maximum atomic E-state index is 11.0. The van der Waals surface area contributed by atoms with Gasteiger partial charge >= 0.3 is 5.69 Å². The summed E-state index contributed by atoms with van der Waals surface area (Å²) >= 11 is 0. The molecule has 19 heavy (non-hydrogen) atoms. The van der Waals surface area contributed by atoms with Gasteiger partial charge in [0.2, 0.25) is 11.8 Å². The van der Waals surface area contributed by atoms with Crippen molar-refractivity contribution in [3.8, 4) is 0 Å². The molecule has 0 fully saturated rings. The number of hydrogen-bond donors (Lipinski definition) is 1. The van der Waals surface area contributed by atoms with Crippen LogP contribution in [0.25, 0.3) is 0 Å². The maximum Gasteiger partial charge on any atom is 0.329 e. The van der Waals surface area contributed by atoms with Gasteiger partial charge in [-0.15, -0.1) is 0 Å². The molecule has 1 rings (SSSR count). The predicted octanol–water partition coefficient (Wildman–Crippen LogP) is 1.29. The molecule has 0 aliphatic rings. The summed E-state index contributed by atoms with van der Waals surface area (Å²) < 4.78 is 5.23. The molecule has 0 saturated heterocycles. The Morgan fingerprint density at radius 1 is 1.53 bits per heavy atom. The number of nitrogens with one attached hydrogen (secondary N) is 1. The molecule has 1 aromatic rings. The summed E-state index contributed by atoms with van der Waals surface area (Å²) in [5.41, 5.74) is -0.111. The van der Waals surface area contributed by atoms with Crippen LogP contribution in [0.5, 0.6) is 0 Å². The molecule has 1 N–H and O–H groups in total. The largest absolute Gasteiger partial charge is 0.380 e. The number of rotatable bonds is 8. The SMILES string of the molecule is CCNc1ncc([N+](=O)[O-])c(N(C)CCOCC)n1. The first-order chi connectivity index (χ1) is 9.10. The molecule has 0 radical (unpaired) electrons. The summed E-state index contributed by atoms with van der Waals surface area (Å²) in [5.74, 6) is 0.669. The quantitative estimate of drug-likeness (QED) is 0.431. The monoisotopic (exact) mass is 269 g/mol. The maximum absolute atomic E-state index is 11.0. The Labute approximate surface area is 112 Å². The molecular weight excluding hydrogens is 250 g/mol. The molecule has 1 aromatic heterocycles. The summed E-state index contributed by atoms with van der Waals surface area (Å²) in [5, 5.41) is 13.9. The minimum Gasteiger partial charge on any atom is -0.380 e. The lowest BCUT2D eigenvalue weighted by Crippen LogP contribution is -2.25. The molecule has 0 saturated carbocycles. The van der Waals surface area contributed by atoms with Crippen LogP contribution in [0.15, 0.2) is 6.20 Å². The van der Waals surface area contributed by atoms with Gasteiger partial charge in [0, 0.05) is 26.7 Å². The lowest BCUT2D eigenvalue weighted by molar-refractivity contribution is -0.384. The third-order valence-electron chi connectivity index (χ3n) is 2.42. The summed E-state index contributed by atoms with van der Waals surface area (Å²) in [4.78, 5) is 20.3. The molecule has 0 amide bonds. The van der Waals surface area contributed by atoms with Crippen molar-refractivity contribution in [2.75, 3.05) is 43.6 Å². The Hall–Kier alpha value is -1.96. The van der Waals surface area contributed by atoms with Crippen LogP contribution in [-0.4, -0.2) is 48.2 Å². The molecule has 0 atom stereocenters. The molecule has 0 unspecified atom stereocenters. The molecular formula is C11H19N5O3. The predicted molar refractivity (Wildman–Crippen MR) is 72.6 cm³/mol. The summed E-state index contributed by atoms with van der Waals surface area (Å²) in [7, 11) is 1.74. The number of ether oxygens (including phenoxy) is 1. The zero-order valence-corrected chi connectivity index (χ0v) is 11.4. The third-order valence-corrected chi connectivity index (χ3v) is 2.42. The highest BCUT2D eigenvalue weighted by molar-refractivity contribution is 5.58. The summed E-state index contributed by atoms with van der Waals surface area (Å²) in [6.07, 6.45) is 1.22. The van der Waals surface area contributed by atoms with E-state index in [0.717, 1.165) is 0 Å². The molecule has 8 heteroatoms. The summed E-state index contributed by atoms with van der Waals surface area (Å²) in [6, 6.07) is 0. The van der Waals surface area contributed by atoms with E-state index < -0.39 is 4.92 Å². The first-order valence-corrected chi connectivity index (χ1v) is 6.14. The van der Waals surface area contributed by atoms with E-state index in [0.29, 0.717) is 32.3 Å². The van der Waals surface area contributed by atoms with Crippen LogP contribution in [-0.2, 0) is 4.74 Å². The molecule has 0 aliphatic carbocycles. The number of anilines is 2. The van der Waals surface area contributed by atoms with Crippen molar-refractivity contribution >= 4 is 17.5 Å². The van der Waals surface area contributed by atoms with Crippen LogP contribution in [0.3, 0.4) is 0 Å². The first-order valence-electron chi connectivity index (χ1n) is 6.14. The molecule has 1 heterocycles. The molecule has 8 nitrogen and oxygen atoms in total. The number of likely N-dealkylation sites (N-methyl/N-ethyl adjacent to an activating group) is 1. The number of aromatic nitrogens is 2. The normalized spacial score (nSPS) is 10.3. The van der Waals surface area contributed by atoms with Crippen molar-refractivity contribution < 1.29 is 9.66 Å². The van der Waals surface area contributed by atoms with E-state index in [1.807, 2.05) is 13.8 Å². The van der Waals surface area contributed by atoms with Gasteiger partial charge in [0.25, 0.3) is 0 Å². The van der Waals surface area contributed by atoms with Crippen molar-refractivity contribution in [3.05, 3.63) is 16.3 Å². The van der Waals surface area contributed by atoms with Crippen molar-refractivity contribution in [2.24, 2.45) is 0 Å². The Balaban J connectivity index is 2.92. The lowest BCUT2D eigenvalue weighted by atomic mass is 10.4. The minimum absolute atomic E-state index is 0.111. The van der Waals surface area contributed by atoms with Crippen LogP contribution in [0.4, 0.5) is 17.5 Å². The first kappa shape index (κ1) is 15.1.